The molecule has 40 heavy (non-hydrogen) atoms. The summed E-state index contributed by atoms with van der Waals surface area (Å²) in [5.41, 5.74) is -4.35. The summed E-state index contributed by atoms with van der Waals surface area (Å²) >= 11 is 0. The summed E-state index contributed by atoms with van der Waals surface area (Å²) in [6.45, 7) is -1.66. The van der Waals surface area contributed by atoms with E-state index in [1.54, 1.807) is 0 Å². The average molecular weight is 606 g/mol. The molecule has 21 heteroatoms. The van der Waals surface area contributed by atoms with E-state index in [-0.39, 0.29) is 26.4 Å². The summed E-state index contributed by atoms with van der Waals surface area (Å²) in [4.78, 5) is 21.0. The average Bonchev–Trinajstić information content (AvgIpc) is 3.65. The van der Waals surface area contributed by atoms with Crippen LogP contribution in [-0.2, 0) is 60.4 Å². The maximum atomic E-state index is 13.0. The van der Waals surface area contributed by atoms with Gasteiger partial charge in [0.1, 0.15) is 77.0 Å². The van der Waals surface area contributed by atoms with E-state index in [4.69, 9.17) is 74.8 Å². The highest BCUT2D eigenvalue weighted by molar-refractivity contribution is 7.47. The molecule has 6 heterocycles. The Morgan fingerprint density at radius 2 is 1.12 bits per heavy atom. The van der Waals surface area contributed by atoms with Crippen molar-refractivity contribution in [2.45, 2.75) is 71.4 Å². The quantitative estimate of drug-likeness (QED) is 0.150. The number of aliphatic hydroxyl groups excluding tert-OH is 1. The minimum absolute atomic E-state index is 0.0189. The molecule has 0 amide bonds. The van der Waals surface area contributed by atoms with Crippen molar-refractivity contribution in [3.63, 3.8) is 0 Å². The molecule has 6 saturated heterocycles. The third kappa shape index (κ3) is 4.93. The molecular formula is C19H27B3O16P2. The Balaban J connectivity index is 1.10. The monoisotopic (exact) mass is 606 g/mol. The smallest absolute Gasteiger partial charge is 0.387 e. The van der Waals surface area contributed by atoms with Crippen molar-refractivity contribution in [3.8, 4) is 0 Å². The van der Waals surface area contributed by atoms with Gasteiger partial charge in [0.15, 0.2) is 0 Å². The van der Waals surface area contributed by atoms with Gasteiger partial charge in [-0.25, -0.2) is 9.13 Å². The molecule has 14 atom stereocenters. The Labute approximate surface area is 232 Å². The molecule has 218 valence electrons. The second-order valence-electron chi connectivity index (χ2n) is 10.7. The molecule has 16 nitrogen and oxygen atoms in total. The fraction of sp³-hybridized carbons (Fsp3) is 1.00. The molecule has 6 bridgehead atoms. The molecule has 0 spiro atoms. The lowest BCUT2D eigenvalue weighted by Crippen LogP contribution is -2.47. The van der Waals surface area contributed by atoms with E-state index in [1.165, 1.54) is 7.11 Å². The van der Waals surface area contributed by atoms with Gasteiger partial charge in [0.05, 0.1) is 39.6 Å². The number of fused-ring (bicyclic) bond motifs is 6. The normalized spacial score (nSPS) is 51.9. The molecule has 6 aliphatic heterocycles. The van der Waals surface area contributed by atoms with Crippen molar-refractivity contribution in [1.29, 1.82) is 0 Å². The molecule has 0 aromatic rings. The number of phosphoric ester groups is 2. The predicted octanol–water partition coefficient (Wildman–Crippen LogP) is -3.01. The van der Waals surface area contributed by atoms with Crippen LogP contribution in [0.25, 0.3) is 0 Å². The van der Waals surface area contributed by atoms with E-state index in [1.807, 2.05) is 0 Å². The van der Waals surface area contributed by atoms with Gasteiger partial charge in [-0.2, -0.15) is 0 Å². The first-order valence-corrected chi connectivity index (χ1v) is 15.4. The maximum Gasteiger partial charge on any atom is 0.472 e. The highest BCUT2D eigenvalue weighted by Crippen LogP contribution is 2.56. The molecular weight excluding hydrogens is 579 g/mol. The first kappa shape index (κ1) is 30.1. The van der Waals surface area contributed by atoms with E-state index in [0.29, 0.717) is 0 Å². The van der Waals surface area contributed by atoms with Crippen molar-refractivity contribution in [2.24, 2.45) is 0 Å². The Bertz CT molecular complexity index is 1090. The fourth-order valence-corrected chi connectivity index (χ4v) is 8.10. The van der Waals surface area contributed by atoms with Crippen LogP contribution in [0, 0.1) is 0 Å². The number of rotatable bonds is 12. The van der Waals surface area contributed by atoms with Crippen LogP contribution in [-0.4, -0.2) is 157 Å². The van der Waals surface area contributed by atoms with Gasteiger partial charge in [-0.3, -0.25) is 18.1 Å². The second kappa shape index (κ2) is 10.3. The highest BCUT2D eigenvalue weighted by Gasteiger charge is 2.66. The van der Waals surface area contributed by atoms with Gasteiger partial charge < -0.3 is 48.1 Å². The predicted molar refractivity (Wildman–Crippen MR) is 128 cm³/mol. The van der Waals surface area contributed by atoms with Crippen molar-refractivity contribution in [3.05, 3.63) is 0 Å². The molecule has 0 saturated carbocycles. The minimum atomic E-state index is -4.88. The van der Waals surface area contributed by atoms with Crippen LogP contribution in [0.1, 0.15) is 0 Å². The Morgan fingerprint density at radius 3 is 1.55 bits per heavy atom. The Hall–Kier alpha value is 0.0948. The molecule has 0 aliphatic carbocycles. The molecule has 6 aliphatic rings. The molecule has 6 rings (SSSR count). The standard InChI is InChI=1S/C19H27B3O16P2/c1-28-2-18-4-30-9(15(21)35-18)12(18)37-40(26,27)33-7-19-5-31-10(16(22)36-19)13(19)38-39(24,25)32-6-17-3-29-8(11(17)23)14(20)34-17/h8-16,23H,2-7H2,1H3,(H,24,25)(H,26,27)/t8?,9?,10?,11?,12?,13?,14?,15?,16?,17-,18+,19-/m1/s1. The lowest BCUT2D eigenvalue weighted by molar-refractivity contribution is -0.145. The molecule has 6 fully saturated rings. The van der Waals surface area contributed by atoms with Crippen LogP contribution in [0.15, 0.2) is 0 Å². The van der Waals surface area contributed by atoms with Gasteiger partial charge in [0.25, 0.3) is 0 Å². The number of ether oxygens (including phenoxy) is 7. The minimum Gasteiger partial charge on any atom is -0.387 e. The topological polar surface area (TPSA) is 196 Å². The molecule has 0 aromatic heterocycles. The SMILES string of the molecule is [B]C1O[C@@]2(COP(=O)(O)OC3C4OC[C@]3(COP(=O)(O)OC3C5OC[C@]3(COC)OC5[B])OC4[B])COC1C2O. The highest BCUT2D eigenvalue weighted by atomic mass is 31.2. The van der Waals surface area contributed by atoms with Gasteiger partial charge in [-0.15, -0.1) is 0 Å². The second-order valence-corrected chi connectivity index (χ2v) is 13.5. The maximum absolute atomic E-state index is 13.0. The number of methoxy groups -OCH3 is 1. The molecule has 0 aromatic carbocycles. The zero-order valence-corrected chi connectivity index (χ0v) is 23.0. The first-order chi connectivity index (χ1) is 18.7. The fourth-order valence-electron chi connectivity index (χ4n) is 6.02. The van der Waals surface area contributed by atoms with Gasteiger partial charge >= 0.3 is 15.6 Å². The number of hydrogen-bond donors (Lipinski definition) is 3. The lowest BCUT2D eigenvalue weighted by atomic mass is 9.92. The van der Waals surface area contributed by atoms with Gasteiger partial charge in [0.2, 0.25) is 0 Å². The van der Waals surface area contributed by atoms with Crippen LogP contribution in [0.4, 0.5) is 0 Å². The summed E-state index contributed by atoms with van der Waals surface area (Å²) in [6, 6.07) is -2.99. The summed E-state index contributed by atoms with van der Waals surface area (Å²) in [6.07, 6.45) is -6.33. The summed E-state index contributed by atoms with van der Waals surface area (Å²) < 4.78 is 85.5. The number of phosphoric acid groups is 2. The van der Waals surface area contributed by atoms with Gasteiger partial charge in [-0.05, 0) is 0 Å². The number of hydrogen-bond acceptors (Lipinski definition) is 14. The third-order valence-electron chi connectivity index (χ3n) is 7.95. The van der Waals surface area contributed by atoms with Crippen LogP contribution in [0.3, 0.4) is 0 Å². The summed E-state index contributed by atoms with van der Waals surface area (Å²) in [5.74, 6) is 0. The van der Waals surface area contributed by atoms with E-state index in [0.717, 1.165) is 0 Å². The van der Waals surface area contributed by atoms with Crippen LogP contribution < -0.4 is 0 Å². The Morgan fingerprint density at radius 1 is 0.725 bits per heavy atom. The van der Waals surface area contributed by atoms with Crippen molar-refractivity contribution in [1.82, 2.24) is 0 Å². The van der Waals surface area contributed by atoms with Crippen molar-refractivity contribution >= 4 is 39.2 Å². The largest absolute Gasteiger partial charge is 0.472 e. The van der Waals surface area contributed by atoms with Gasteiger partial charge in [0, 0.05) is 25.1 Å². The molecule has 6 radical (unpaired) electrons. The van der Waals surface area contributed by atoms with Crippen LogP contribution >= 0.6 is 15.6 Å². The zero-order chi connectivity index (χ0) is 28.7. The van der Waals surface area contributed by atoms with E-state index in [9.17, 15) is 24.0 Å². The van der Waals surface area contributed by atoms with Crippen molar-refractivity contribution in [2.75, 3.05) is 46.8 Å². The summed E-state index contributed by atoms with van der Waals surface area (Å²) in [7, 11) is 9.28. The molecule has 3 N–H and O–H groups in total. The Kier molecular flexibility index (Phi) is 7.79. The van der Waals surface area contributed by atoms with Crippen LogP contribution in [0.5, 0.6) is 0 Å². The third-order valence-corrected chi connectivity index (χ3v) is 9.85. The zero-order valence-electron chi connectivity index (χ0n) is 21.2. The number of aliphatic hydroxyl groups is 1. The summed E-state index contributed by atoms with van der Waals surface area (Å²) in [5, 5.41) is 10.4. The van der Waals surface area contributed by atoms with E-state index >= 15 is 0 Å². The van der Waals surface area contributed by atoms with E-state index in [2.05, 4.69) is 0 Å². The van der Waals surface area contributed by atoms with Crippen molar-refractivity contribution < 1.29 is 75.3 Å². The lowest BCUT2D eigenvalue weighted by Gasteiger charge is -2.33. The van der Waals surface area contributed by atoms with Crippen LogP contribution in [0.2, 0.25) is 0 Å². The first-order valence-electron chi connectivity index (χ1n) is 12.4. The van der Waals surface area contributed by atoms with E-state index < -0.39 is 100 Å². The molecule has 11 unspecified atom stereocenters. The van der Waals surface area contributed by atoms with Gasteiger partial charge in [-0.1, -0.05) is 0 Å².